The maximum absolute atomic E-state index is 5.17. The Hall–Kier alpha value is -6.19. The average molecular weight is 588 g/mol. The van der Waals surface area contributed by atoms with Crippen LogP contribution in [0.5, 0.6) is 0 Å². The molecule has 0 atom stereocenters. The molecule has 216 valence electrons. The monoisotopic (exact) mass is 587 g/mol. The van der Waals surface area contributed by atoms with Crippen LogP contribution < -0.4 is 0 Å². The van der Waals surface area contributed by atoms with Gasteiger partial charge >= 0.3 is 0 Å². The SMILES string of the molecule is c1ccc(-c2cccc(-c3cc(-c4cccc(-c5ccccc5)c4)nc(-c4cccc(-c5cc6ccccc6cn5)c4)n3)c2)cc1. The van der Waals surface area contributed by atoms with E-state index < -0.39 is 0 Å². The zero-order valence-electron chi connectivity index (χ0n) is 25.1. The van der Waals surface area contributed by atoms with Gasteiger partial charge in [-0.25, -0.2) is 9.97 Å². The van der Waals surface area contributed by atoms with E-state index >= 15 is 0 Å². The predicted octanol–water partition coefficient (Wildman–Crippen LogP) is 11.0. The van der Waals surface area contributed by atoms with Gasteiger partial charge in [0.05, 0.1) is 17.1 Å². The topological polar surface area (TPSA) is 38.7 Å². The van der Waals surface area contributed by atoms with Gasteiger partial charge in [-0.05, 0) is 58.0 Å². The Morgan fingerprint density at radius 3 is 1.30 bits per heavy atom. The van der Waals surface area contributed by atoms with Gasteiger partial charge in [0.25, 0.3) is 0 Å². The minimum Gasteiger partial charge on any atom is -0.256 e. The molecular weight excluding hydrogens is 558 g/mol. The lowest BCUT2D eigenvalue weighted by Crippen LogP contribution is -1.97. The van der Waals surface area contributed by atoms with Crippen LogP contribution in [0.2, 0.25) is 0 Å². The molecule has 8 rings (SSSR count). The number of pyridine rings is 1. The van der Waals surface area contributed by atoms with Crippen LogP contribution in [0.25, 0.3) is 78.2 Å². The largest absolute Gasteiger partial charge is 0.256 e. The standard InChI is InChI=1S/C43H29N3/c1-3-12-30(13-4-1)32-18-9-21-36(24-32)41-28-42(37-22-10-19-33(25-37)31-14-5-2-6-15-31)46-43(45-41)38-23-11-20-35(26-38)40-27-34-16-7-8-17-39(34)29-44-40/h1-29H. The molecule has 0 saturated carbocycles. The molecule has 0 bridgehead atoms. The fourth-order valence-corrected chi connectivity index (χ4v) is 5.91. The maximum atomic E-state index is 5.17. The quantitative estimate of drug-likeness (QED) is 0.194. The Labute approximate surface area is 268 Å². The molecule has 0 aliphatic carbocycles. The van der Waals surface area contributed by atoms with Gasteiger partial charge in [-0.1, -0.05) is 140 Å². The summed E-state index contributed by atoms with van der Waals surface area (Å²) in [4.78, 5) is 15.1. The minimum absolute atomic E-state index is 0.672. The molecule has 8 aromatic rings. The maximum Gasteiger partial charge on any atom is 0.160 e. The molecule has 2 aromatic heterocycles. The van der Waals surface area contributed by atoms with Crippen molar-refractivity contribution in [1.82, 2.24) is 15.0 Å². The number of aromatic nitrogens is 3. The molecule has 0 saturated heterocycles. The van der Waals surface area contributed by atoms with Gasteiger partial charge in [0.2, 0.25) is 0 Å². The lowest BCUT2D eigenvalue weighted by Gasteiger charge is -2.12. The Kier molecular flexibility index (Phi) is 7.18. The Morgan fingerprint density at radius 2 is 0.717 bits per heavy atom. The van der Waals surface area contributed by atoms with Crippen LogP contribution in [0.15, 0.2) is 176 Å². The number of hydrogen-bond donors (Lipinski definition) is 0. The first kappa shape index (κ1) is 27.4. The predicted molar refractivity (Wildman–Crippen MR) is 190 cm³/mol. The lowest BCUT2D eigenvalue weighted by molar-refractivity contribution is 1.18. The van der Waals surface area contributed by atoms with E-state index in [1.54, 1.807) is 0 Å². The Bertz CT molecular complexity index is 2210. The number of nitrogens with zero attached hydrogens (tertiary/aromatic N) is 3. The van der Waals surface area contributed by atoms with Gasteiger partial charge in [0.15, 0.2) is 5.82 Å². The third kappa shape index (κ3) is 5.58. The van der Waals surface area contributed by atoms with Gasteiger partial charge in [-0.2, -0.15) is 0 Å². The summed E-state index contributed by atoms with van der Waals surface area (Å²) in [7, 11) is 0. The van der Waals surface area contributed by atoms with E-state index in [2.05, 4.69) is 152 Å². The highest BCUT2D eigenvalue weighted by Crippen LogP contribution is 2.33. The summed E-state index contributed by atoms with van der Waals surface area (Å²) in [6, 6.07) is 59.0. The van der Waals surface area contributed by atoms with Gasteiger partial charge in [-0.3, -0.25) is 4.98 Å². The van der Waals surface area contributed by atoms with E-state index in [0.717, 1.165) is 61.2 Å². The minimum atomic E-state index is 0.672. The fourth-order valence-electron chi connectivity index (χ4n) is 5.91. The normalized spacial score (nSPS) is 11.0. The Morgan fingerprint density at radius 1 is 0.283 bits per heavy atom. The fraction of sp³-hybridized carbons (Fsp3) is 0. The molecule has 0 fully saturated rings. The highest BCUT2D eigenvalue weighted by atomic mass is 14.9. The highest BCUT2D eigenvalue weighted by Gasteiger charge is 2.13. The Balaban J connectivity index is 1.27. The first-order valence-corrected chi connectivity index (χ1v) is 15.4. The van der Waals surface area contributed by atoms with Crippen molar-refractivity contribution in [2.24, 2.45) is 0 Å². The molecule has 0 radical (unpaired) electrons. The van der Waals surface area contributed by atoms with Crippen molar-refractivity contribution >= 4 is 10.8 Å². The average Bonchev–Trinajstić information content (AvgIpc) is 3.15. The van der Waals surface area contributed by atoms with Gasteiger partial charge in [0.1, 0.15) is 0 Å². The molecular formula is C43H29N3. The van der Waals surface area contributed by atoms with E-state index in [1.807, 2.05) is 24.4 Å². The number of hydrogen-bond acceptors (Lipinski definition) is 3. The van der Waals surface area contributed by atoms with Crippen molar-refractivity contribution in [2.75, 3.05) is 0 Å². The molecule has 46 heavy (non-hydrogen) atoms. The van der Waals surface area contributed by atoms with Crippen molar-refractivity contribution in [3.05, 3.63) is 176 Å². The van der Waals surface area contributed by atoms with Gasteiger partial charge in [-0.15, -0.1) is 0 Å². The third-order valence-corrected chi connectivity index (χ3v) is 8.30. The molecule has 2 heterocycles. The first-order chi connectivity index (χ1) is 22.8. The second-order valence-corrected chi connectivity index (χ2v) is 11.4. The van der Waals surface area contributed by atoms with E-state index in [-0.39, 0.29) is 0 Å². The molecule has 0 aliphatic rings. The summed E-state index contributed by atoms with van der Waals surface area (Å²) in [6.07, 6.45) is 1.94. The summed E-state index contributed by atoms with van der Waals surface area (Å²) in [5.74, 6) is 0.672. The van der Waals surface area contributed by atoms with Crippen molar-refractivity contribution in [3.8, 4) is 67.4 Å². The molecule has 0 N–H and O–H groups in total. The van der Waals surface area contributed by atoms with E-state index in [9.17, 15) is 0 Å². The van der Waals surface area contributed by atoms with Crippen LogP contribution in [0.4, 0.5) is 0 Å². The van der Waals surface area contributed by atoms with Crippen LogP contribution in [0, 0.1) is 0 Å². The van der Waals surface area contributed by atoms with Crippen LogP contribution in [0.1, 0.15) is 0 Å². The highest BCUT2D eigenvalue weighted by molar-refractivity contribution is 5.86. The summed E-state index contributed by atoms with van der Waals surface area (Å²) >= 11 is 0. The van der Waals surface area contributed by atoms with E-state index in [4.69, 9.17) is 15.0 Å². The zero-order valence-corrected chi connectivity index (χ0v) is 25.1. The molecule has 0 unspecified atom stereocenters. The molecule has 6 aromatic carbocycles. The van der Waals surface area contributed by atoms with Crippen LogP contribution in [-0.4, -0.2) is 15.0 Å². The van der Waals surface area contributed by atoms with E-state index in [1.165, 1.54) is 11.1 Å². The number of fused-ring (bicyclic) bond motifs is 1. The molecule has 3 nitrogen and oxygen atoms in total. The summed E-state index contributed by atoms with van der Waals surface area (Å²) in [5, 5.41) is 2.29. The molecule has 0 spiro atoms. The van der Waals surface area contributed by atoms with Crippen molar-refractivity contribution in [1.29, 1.82) is 0 Å². The summed E-state index contributed by atoms with van der Waals surface area (Å²) < 4.78 is 0. The van der Waals surface area contributed by atoms with Crippen LogP contribution in [0.3, 0.4) is 0 Å². The smallest absolute Gasteiger partial charge is 0.160 e. The zero-order chi connectivity index (χ0) is 30.7. The number of rotatable bonds is 6. The number of benzene rings is 6. The third-order valence-electron chi connectivity index (χ3n) is 8.30. The van der Waals surface area contributed by atoms with E-state index in [0.29, 0.717) is 5.82 Å². The summed E-state index contributed by atoms with van der Waals surface area (Å²) in [6.45, 7) is 0. The molecule has 0 amide bonds. The van der Waals surface area contributed by atoms with Gasteiger partial charge < -0.3 is 0 Å². The lowest BCUT2D eigenvalue weighted by atomic mass is 9.99. The van der Waals surface area contributed by atoms with Crippen LogP contribution in [-0.2, 0) is 0 Å². The van der Waals surface area contributed by atoms with Crippen LogP contribution >= 0.6 is 0 Å². The summed E-state index contributed by atoms with van der Waals surface area (Å²) in [5.41, 5.74) is 11.3. The molecule has 0 aliphatic heterocycles. The second kappa shape index (κ2) is 12.1. The van der Waals surface area contributed by atoms with Gasteiger partial charge in [0, 0.05) is 33.8 Å². The molecule has 3 heteroatoms. The van der Waals surface area contributed by atoms with Crippen molar-refractivity contribution in [2.45, 2.75) is 0 Å². The van der Waals surface area contributed by atoms with Crippen molar-refractivity contribution < 1.29 is 0 Å². The first-order valence-electron chi connectivity index (χ1n) is 15.4. The van der Waals surface area contributed by atoms with Crippen molar-refractivity contribution in [3.63, 3.8) is 0 Å². The second-order valence-electron chi connectivity index (χ2n) is 11.4.